The van der Waals surface area contributed by atoms with Crippen LogP contribution in [0.3, 0.4) is 0 Å². The molecule has 0 amide bonds. The fourth-order valence-electron chi connectivity index (χ4n) is 2.00. The number of rotatable bonds is 6. The third kappa shape index (κ3) is 4.15. The van der Waals surface area contributed by atoms with Crippen molar-refractivity contribution < 1.29 is 9.53 Å². The Morgan fingerprint density at radius 3 is 2.33 bits per heavy atom. The molecule has 0 bridgehead atoms. The maximum absolute atomic E-state index is 11.3. The largest absolute Gasteiger partial charge is 0.468 e. The summed E-state index contributed by atoms with van der Waals surface area (Å²) in [7, 11) is 1.41. The van der Waals surface area contributed by atoms with E-state index in [1.54, 1.807) is 0 Å². The molecule has 1 aromatic rings. The van der Waals surface area contributed by atoms with Gasteiger partial charge >= 0.3 is 5.97 Å². The zero-order valence-corrected chi connectivity index (χ0v) is 11.6. The smallest absolute Gasteiger partial charge is 0.322 e. The van der Waals surface area contributed by atoms with E-state index < -0.39 is 0 Å². The van der Waals surface area contributed by atoms with Crippen molar-refractivity contribution in [2.75, 3.05) is 13.7 Å². The first-order chi connectivity index (χ1) is 8.56. The van der Waals surface area contributed by atoms with Crippen LogP contribution >= 0.6 is 0 Å². The summed E-state index contributed by atoms with van der Waals surface area (Å²) in [6.07, 6.45) is 0. The molecule has 1 aromatic carbocycles. The topological polar surface area (TPSA) is 38.3 Å². The van der Waals surface area contributed by atoms with Crippen molar-refractivity contribution in [1.29, 1.82) is 0 Å². The number of ether oxygens (including phenoxy) is 1. The molecule has 0 fully saturated rings. The molecule has 0 saturated carbocycles. The molecule has 0 saturated heterocycles. The second-order valence-corrected chi connectivity index (χ2v) is 4.91. The number of benzene rings is 1. The van der Waals surface area contributed by atoms with Crippen LogP contribution in [0, 0.1) is 5.92 Å². The van der Waals surface area contributed by atoms with Crippen LogP contribution < -0.4 is 5.32 Å². The fourth-order valence-corrected chi connectivity index (χ4v) is 2.00. The van der Waals surface area contributed by atoms with E-state index in [4.69, 9.17) is 4.74 Å². The van der Waals surface area contributed by atoms with Gasteiger partial charge in [-0.1, -0.05) is 44.2 Å². The molecule has 2 unspecified atom stereocenters. The zero-order chi connectivity index (χ0) is 13.5. The highest BCUT2D eigenvalue weighted by atomic mass is 16.5. The molecule has 0 aromatic heterocycles. The van der Waals surface area contributed by atoms with Crippen LogP contribution in [-0.4, -0.2) is 25.7 Å². The number of methoxy groups -OCH3 is 1. The first-order valence-electron chi connectivity index (χ1n) is 6.42. The standard InChI is InChI=1S/C15H23NO2/c1-11(2)14(13-8-6-5-7-9-13)10-16-12(3)15(17)18-4/h5-9,11-12,14,16H,10H2,1-4H3. The molecule has 0 aliphatic rings. The lowest BCUT2D eigenvalue weighted by molar-refractivity contribution is -0.142. The van der Waals surface area contributed by atoms with Crippen LogP contribution in [0.15, 0.2) is 30.3 Å². The molecule has 0 spiro atoms. The molecule has 100 valence electrons. The average molecular weight is 249 g/mol. The Morgan fingerprint density at radius 1 is 1.22 bits per heavy atom. The minimum Gasteiger partial charge on any atom is -0.468 e. The van der Waals surface area contributed by atoms with Crippen molar-refractivity contribution in [2.24, 2.45) is 5.92 Å². The van der Waals surface area contributed by atoms with Gasteiger partial charge in [-0.05, 0) is 24.3 Å². The van der Waals surface area contributed by atoms with Gasteiger partial charge in [0.15, 0.2) is 0 Å². The summed E-state index contributed by atoms with van der Waals surface area (Å²) in [4.78, 5) is 11.3. The SMILES string of the molecule is COC(=O)C(C)NCC(c1ccccc1)C(C)C. The first-order valence-corrected chi connectivity index (χ1v) is 6.42. The molecule has 3 heteroatoms. The van der Waals surface area contributed by atoms with Crippen LogP contribution in [0.5, 0.6) is 0 Å². The van der Waals surface area contributed by atoms with Crippen molar-refractivity contribution in [3.05, 3.63) is 35.9 Å². The number of esters is 1. The van der Waals surface area contributed by atoms with Crippen LogP contribution in [-0.2, 0) is 9.53 Å². The number of carbonyl (C=O) groups excluding carboxylic acids is 1. The van der Waals surface area contributed by atoms with Crippen molar-refractivity contribution in [2.45, 2.75) is 32.7 Å². The Balaban J connectivity index is 2.63. The maximum atomic E-state index is 11.3. The molecule has 2 atom stereocenters. The molecule has 0 aliphatic heterocycles. The van der Waals surface area contributed by atoms with Gasteiger partial charge in [0.25, 0.3) is 0 Å². The Hall–Kier alpha value is -1.35. The van der Waals surface area contributed by atoms with Crippen molar-refractivity contribution in [3.8, 4) is 0 Å². The minimum atomic E-state index is -0.264. The minimum absolute atomic E-state index is 0.217. The second kappa shape index (κ2) is 7.17. The number of carbonyl (C=O) groups is 1. The second-order valence-electron chi connectivity index (χ2n) is 4.91. The van der Waals surface area contributed by atoms with E-state index in [0.717, 1.165) is 6.54 Å². The number of nitrogens with one attached hydrogen (secondary N) is 1. The Labute approximate surface area is 110 Å². The van der Waals surface area contributed by atoms with E-state index in [2.05, 4.69) is 43.4 Å². The maximum Gasteiger partial charge on any atom is 0.322 e. The van der Waals surface area contributed by atoms with E-state index in [1.807, 2.05) is 13.0 Å². The Kier molecular flexibility index (Phi) is 5.86. The van der Waals surface area contributed by atoms with Gasteiger partial charge in [-0.2, -0.15) is 0 Å². The molecule has 18 heavy (non-hydrogen) atoms. The lowest BCUT2D eigenvalue weighted by Gasteiger charge is -2.23. The average Bonchev–Trinajstić information content (AvgIpc) is 2.38. The third-order valence-corrected chi connectivity index (χ3v) is 3.23. The van der Waals surface area contributed by atoms with Gasteiger partial charge in [-0.15, -0.1) is 0 Å². The normalized spacial score (nSPS) is 14.3. The molecule has 0 heterocycles. The summed E-state index contributed by atoms with van der Waals surface area (Å²) < 4.78 is 4.71. The predicted molar refractivity (Wildman–Crippen MR) is 73.5 cm³/mol. The summed E-state index contributed by atoms with van der Waals surface area (Å²) in [5, 5.41) is 3.24. The van der Waals surface area contributed by atoms with Gasteiger partial charge in [0.1, 0.15) is 6.04 Å². The molecule has 1 N–H and O–H groups in total. The van der Waals surface area contributed by atoms with E-state index in [0.29, 0.717) is 11.8 Å². The molecule has 1 rings (SSSR count). The lowest BCUT2D eigenvalue weighted by Crippen LogP contribution is -2.38. The molecule has 0 aliphatic carbocycles. The lowest BCUT2D eigenvalue weighted by atomic mass is 9.88. The monoisotopic (exact) mass is 249 g/mol. The van der Waals surface area contributed by atoms with E-state index in [-0.39, 0.29) is 12.0 Å². The van der Waals surface area contributed by atoms with Gasteiger partial charge in [-0.25, -0.2) is 0 Å². The van der Waals surface area contributed by atoms with Crippen LogP contribution in [0.25, 0.3) is 0 Å². The quantitative estimate of drug-likeness (QED) is 0.787. The predicted octanol–water partition coefficient (Wildman–Crippen LogP) is 2.58. The summed E-state index contributed by atoms with van der Waals surface area (Å²) in [5.41, 5.74) is 1.30. The Bertz CT molecular complexity index is 362. The summed E-state index contributed by atoms with van der Waals surface area (Å²) in [6.45, 7) is 7.00. The highest BCUT2D eigenvalue weighted by molar-refractivity contribution is 5.75. The molecule has 0 radical (unpaired) electrons. The third-order valence-electron chi connectivity index (χ3n) is 3.23. The van der Waals surface area contributed by atoms with Crippen LogP contribution in [0.4, 0.5) is 0 Å². The van der Waals surface area contributed by atoms with Gasteiger partial charge in [0.2, 0.25) is 0 Å². The van der Waals surface area contributed by atoms with Gasteiger partial charge < -0.3 is 10.1 Å². The Morgan fingerprint density at radius 2 is 1.83 bits per heavy atom. The fraction of sp³-hybridized carbons (Fsp3) is 0.533. The zero-order valence-electron chi connectivity index (χ0n) is 11.6. The van der Waals surface area contributed by atoms with Crippen LogP contribution in [0.2, 0.25) is 0 Å². The van der Waals surface area contributed by atoms with Gasteiger partial charge in [0.05, 0.1) is 7.11 Å². The number of hydrogen-bond donors (Lipinski definition) is 1. The number of hydrogen-bond acceptors (Lipinski definition) is 3. The first kappa shape index (κ1) is 14.7. The van der Waals surface area contributed by atoms with E-state index >= 15 is 0 Å². The molecular formula is C15H23NO2. The van der Waals surface area contributed by atoms with Crippen molar-refractivity contribution >= 4 is 5.97 Å². The van der Waals surface area contributed by atoms with E-state index in [9.17, 15) is 4.79 Å². The van der Waals surface area contributed by atoms with Crippen molar-refractivity contribution in [3.63, 3.8) is 0 Å². The molecule has 3 nitrogen and oxygen atoms in total. The molecular weight excluding hydrogens is 226 g/mol. The summed E-state index contributed by atoms with van der Waals surface area (Å²) in [6, 6.07) is 10.1. The summed E-state index contributed by atoms with van der Waals surface area (Å²) in [5.74, 6) is 0.702. The van der Waals surface area contributed by atoms with Gasteiger partial charge in [0, 0.05) is 6.54 Å². The van der Waals surface area contributed by atoms with E-state index in [1.165, 1.54) is 12.7 Å². The van der Waals surface area contributed by atoms with Crippen LogP contribution in [0.1, 0.15) is 32.3 Å². The highest BCUT2D eigenvalue weighted by Gasteiger charge is 2.19. The van der Waals surface area contributed by atoms with Crippen molar-refractivity contribution in [1.82, 2.24) is 5.32 Å². The highest BCUT2D eigenvalue weighted by Crippen LogP contribution is 2.23. The summed E-state index contributed by atoms with van der Waals surface area (Å²) >= 11 is 0. The van der Waals surface area contributed by atoms with Gasteiger partial charge in [-0.3, -0.25) is 4.79 Å².